The zero-order chi connectivity index (χ0) is 16.2. The van der Waals surface area contributed by atoms with Gasteiger partial charge in [-0.3, -0.25) is 18.4 Å². The second kappa shape index (κ2) is 7.88. The van der Waals surface area contributed by atoms with Crippen molar-refractivity contribution in [2.45, 2.75) is 51.6 Å². The Hall–Kier alpha value is -0.460. The molecule has 2 aliphatic rings. The van der Waals surface area contributed by atoms with Gasteiger partial charge in [0.05, 0.1) is 19.8 Å². The molecule has 0 aromatic rings. The van der Waals surface area contributed by atoms with Crippen molar-refractivity contribution in [3.63, 3.8) is 0 Å². The van der Waals surface area contributed by atoms with E-state index in [2.05, 4.69) is 5.32 Å². The minimum Gasteiger partial charge on any atom is -0.480 e. The Morgan fingerprint density at radius 3 is 2.45 bits per heavy atom. The molecule has 22 heavy (non-hydrogen) atoms. The van der Waals surface area contributed by atoms with Crippen LogP contribution in [0.15, 0.2) is 0 Å². The van der Waals surface area contributed by atoms with Crippen molar-refractivity contribution in [1.82, 2.24) is 5.32 Å². The van der Waals surface area contributed by atoms with Gasteiger partial charge in [0.25, 0.3) is 0 Å². The Bertz CT molecular complexity index is 422. The first-order valence-electron chi connectivity index (χ1n) is 8.00. The normalized spacial score (nSPS) is 31.9. The molecule has 2 rings (SSSR count). The molecule has 2 N–H and O–H groups in total. The summed E-state index contributed by atoms with van der Waals surface area (Å²) in [5, 5.41) is 12.3. The number of hydrogen-bond donors (Lipinski definition) is 2. The van der Waals surface area contributed by atoms with Gasteiger partial charge in [0.15, 0.2) is 0 Å². The van der Waals surface area contributed by atoms with Gasteiger partial charge < -0.3 is 10.4 Å². The minimum absolute atomic E-state index is 0.268. The molecule has 1 unspecified atom stereocenters. The van der Waals surface area contributed by atoms with Gasteiger partial charge in [0.2, 0.25) is 0 Å². The molecule has 8 heteroatoms. The van der Waals surface area contributed by atoms with Gasteiger partial charge in [0, 0.05) is 6.04 Å². The molecule has 0 bridgehead atoms. The number of hydrogen-bond acceptors (Lipinski definition) is 6. The summed E-state index contributed by atoms with van der Waals surface area (Å²) in [7, 11) is -3.45. The highest BCUT2D eigenvalue weighted by Crippen LogP contribution is 2.50. The molecule has 0 radical (unpaired) electrons. The standard InChI is InChI=1S/C14H26NO6P/c1-3-19-22(18,20-4-2)21-9-10-5-6-12-11(7-10)8-13(15-12)14(16)17/h10-13,15H,3-9H2,1-2H3,(H,16,17)/t10?,11-,12-,13+/m1/s1. The van der Waals surface area contributed by atoms with E-state index in [-0.39, 0.29) is 25.2 Å². The zero-order valence-electron chi connectivity index (χ0n) is 13.2. The van der Waals surface area contributed by atoms with Gasteiger partial charge in [-0.2, -0.15) is 0 Å². The van der Waals surface area contributed by atoms with E-state index in [1.54, 1.807) is 13.8 Å². The fourth-order valence-electron chi connectivity index (χ4n) is 3.42. The maximum atomic E-state index is 12.3. The average Bonchev–Trinajstić information content (AvgIpc) is 2.89. The van der Waals surface area contributed by atoms with Gasteiger partial charge >= 0.3 is 13.8 Å². The van der Waals surface area contributed by atoms with Crippen LogP contribution >= 0.6 is 7.82 Å². The molecular formula is C14H26NO6P. The van der Waals surface area contributed by atoms with Gasteiger partial charge in [-0.1, -0.05) is 0 Å². The number of phosphoric acid groups is 1. The summed E-state index contributed by atoms with van der Waals surface area (Å²) < 4.78 is 27.9. The van der Waals surface area contributed by atoms with Crippen LogP contribution in [0.4, 0.5) is 0 Å². The summed E-state index contributed by atoms with van der Waals surface area (Å²) in [5.74, 6) is -0.161. The van der Waals surface area contributed by atoms with Crippen LogP contribution in [0.1, 0.15) is 39.5 Å². The molecule has 2 fully saturated rings. The molecule has 1 heterocycles. The van der Waals surface area contributed by atoms with E-state index >= 15 is 0 Å². The van der Waals surface area contributed by atoms with E-state index in [1.807, 2.05) is 0 Å². The Morgan fingerprint density at radius 2 is 1.86 bits per heavy atom. The molecule has 0 aromatic carbocycles. The fourth-order valence-corrected chi connectivity index (χ4v) is 4.67. The smallest absolute Gasteiger partial charge is 0.474 e. The number of carbonyl (C=O) groups is 1. The van der Waals surface area contributed by atoms with Gasteiger partial charge in [-0.25, -0.2) is 4.57 Å². The Morgan fingerprint density at radius 1 is 1.18 bits per heavy atom. The van der Waals surface area contributed by atoms with Crippen molar-refractivity contribution in [3.8, 4) is 0 Å². The Balaban J connectivity index is 1.83. The third-order valence-corrected chi connectivity index (χ3v) is 6.00. The predicted octanol–water partition coefficient (Wildman–Crippen LogP) is 2.42. The molecule has 0 amide bonds. The van der Waals surface area contributed by atoms with E-state index in [0.29, 0.717) is 18.9 Å². The number of carboxylic acids is 1. The Kier molecular flexibility index (Phi) is 6.41. The quantitative estimate of drug-likeness (QED) is 0.658. The lowest BCUT2D eigenvalue weighted by Crippen LogP contribution is -2.38. The van der Waals surface area contributed by atoms with E-state index < -0.39 is 19.8 Å². The molecule has 0 aromatic heterocycles. The molecule has 1 aliphatic heterocycles. The van der Waals surface area contributed by atoms with Crippen LogP contribution in [0.25, 0.3) is 0 Å². The molecule has 0 spiro atoms. The van der Waals surface area contributed by atoms with Gasteiger partial charge in [-0.05, 0) is 51.4 Å². The first kappa shape index (κ1) is 17.9. The van der Waals surface area contributed by atoms with E-state index in [9.17, 15) is 9.36 Å². The lowest BCUT2D eigenvalue weighted by atomic mass is 9.78. The number of nitrogens with one attached hydrogen (secondary N) is 1. The monoisotopic (exact) mass is 335 g/mol. The van der Waals surface area contributed by atoms with Gasteiger partial charge in [0.1, 0.15) is 6.04 Å². The van der Waals surface area contributed by atoms with Crippen molar-refractivity contribution in [2.75, 3.05) is 19.8 Å². The highest BCUT2D eigenvalue weighted by Gasteiger charge is 2.41. The van der Waals surface area contributed by atoms with Crippen LogP contribution in [-0.2, 0) is 22.9 Å². The number of fused-ring (bicyclic) bond motifs is 1. The lowest BCUT2D eigenvalue weighted by Gasteiger charge is -2.31. The molecule has 128 valence electrons. The second-order valence-corrected chi connectivity index (χ2v) is 7.59. The molecule has 1 saturated carbocycles. The van der Waals surface area contributed by atoms with Crippen LogP contribution in [0.2, 0.25) is 0 Å². The van der Waals surface area contributed by atoms with E-state index in [0.717, 1.165) is 19.3 Å². The summed E-state index contributed by atoms with van der Waals surface area (Å²) >= 11 is 0. The largest absolute Gasteiger partial charge is 0.480 e. The number of aliphatic carboxylic acids is 1. The summed E-state index contributed by atoms with van der Waals surface area (Å²) in [5.41, 5.74) is 0. The SMILES string of the molecule is CCOP(=O)(OCC)OCC1CC[C@H]2N[C@H](C(=O)O)C[C@H]2C1. The van der Waals surface area contributed by atoms with Crippen LogP contribution in [0.3, 0.4) is 0 Å². The maximum Gasteiger partial charge on any atom is 0.474 e. The highest BCUT2D eigenvalue weighted by atomic mass is 31.2. The zero-order valence-corrected chi connectivity index (χ0v) is 14.1. The summed E-state index contributed by atoms with van der Waals surface area (Å²) in [4.78, 5) is 11.1. The Labute approximate surface area is 131 Å². The van der Waals surface area contributed by atoms with Crippen LogP contribution in [0, 0.1) is 11.8 Å². The van der Waals surface area contributed by atoms with Crippen molar-refractivity contribution in [2.24, 2.45) is 11.8 Å². The van der Waals surface area contributed by atoms with Crippen LogP contribution in [-0.4, -0.2) is 43.0 Å². The second-order valence-electron chi connectivity index (χ2n) is 5.92. The van der Waals surface area contributed by atoms with Crippen LogP contribution < -0.4 is 5.32 Å². The fraction of sp³-hybridized carbons (Fsp3) is 0.929. The number of phosphoric ester groups is 1. The third-order valence-electron chi connectivity index (χ3n) is 4.39. The number of carboxylic acid groups (broad SMARTS) is 1. The molecule has 7 nitrogen and oxygen atoms in total. The first-order valence-corrected chi connectivity index (χ1v) is 9.46. The van der Waals surface area contributed by atoms with Crippen molar-refractivity contribution in [3.05, 3.63) is 0 Å². The molecular weight excluding hydrogens is 309 g/mol. The summed E-state index contributed by atoms with van der Waals surface area (Å²) in [6.45, 7) is 4.37. The van der Waals surface area contributed by atoms with Crippen molar-refractivity contribution < 1.29 is 28.0 Å². The van der Waals surface area contributed by atoms with E-state index in [4.69, 9.17) is 18.7 Å². The number of rotatable bonds is 8. The van der Waals surface area contributed by atoms with Crippen molar-refractivity contribution >= 4 is 13.8 Å². The predicted molar refractivity (Wildman–Crippen MR) is 80.6 cm³/mol. The topological polar surface area (TPSA) is 94.1 Å². The van der Waals surface area contributed by atoms with Gasteiger partial charge in [-0.15, -0.1) is 0 Å². The molecule has 1 saturated heterocycles. The summed E-state index contributed by atoms with van der Waals surface area (Å²) in [6, 6.07) is -0.157. The third kappa shape index (κ3) is 4.52. The maximum absolute atomic E-state index is 12.3. The summed E-state index contributed by atoms with van der Waals surface area (Å²) in [6.07, 6.45) is 3.40. The van der Waals surface area contributed by atoms with Crippen LogP contribution in [0.5, 0.6) is 0 Å². The van der Waals surface area contributed by atoms with Crippen molar-refractivity contribution in [1.29, 1.82) is 0 Å². The average molecular weight is 335 g/mol. The van der Waals surface area contributed by atoms with E-state index in [1.165, 1.54) is 0 Å². The molecule has 1 aliphatic carbocycles. The molecule has 4 atom stereocenters. The first-order chi connectivity index (χ1) is 10.5. The minimum atomic E-state index is -3.45. The lowest BCUT2D eigenvalue weighted by molar-refractivity contribution is -0.139. The highest BCUT2D eigenvalue weighted by molar-refractivity contribution is 7.48.